The van der Waals surface area contributed by atoms with Crippen LogP contribution in [-0.2, 0) is 20.8 Å². The first-order chi connectivity index (χ1) is 21.9. The number of esters is 1. The van der Waals surface area contributed by atoms with E-state index in [9.17, 15) is 19.5 Å². The molecule has 0 aliphatic heterocycles. The van der Waals surface area contributed by atoms with Gasteiger partial charge in [-0.3, -0.25) is 9.59 Å². The normalized spacial score (nSPS) is 13.5. The number of nitrogens with two attached hydrogens (primary N) is 1. The van der Waals surface area contributed by atoms with Crippen molar-refractivity contribution in [1.29, 1.82) is 0 Å². The fourth-order valence-corrected chi connectivity index (χ4v) is 5.54. The van der Waals surface area contributed by atoms with Crippen molar-refractivity contribution in [3.05, 3.63) is 23.8 Å². The van der Waals surface area contributed by atoms with Gasteiger partial charge in [0.05, 0.1) is 6.04 Å². The van der Waals surface area contributed by atoms with Gasteiger partial charge in [0.2, 0.25) is 11.8 Å². The molecule has 264 valence electrons. The molecule has 1 aromatic rings. The zero-order valence-corrected chi connectivity index (χ0v) is 30.2. The molecule has 0 bridgehead atoms. The summed E-state index contributed by atoms with van der Waals surface area (Å²) in [5, 5.41) is 16.4. The van der Waals surface area contributed by atoms with Gasteiger partial charge in [-0.05, 0) is 42.2 Å². The van der Waals surface area contributed by atoms with E-state index in [1.54, 1.807) is 26.0 Å². The number of unbranched alkanes of at least 4 members (excludes halogenated alkanes) is 14. The molecule has 3 atom stereocenters. The van der Waals surface area contributed by atoms with Gasteiger partial charge in [0.15, 0.2) is 11.5 Å². The molecule has 0 unspecified atom stereocenters. The number of hydrogen-bond donors (Lipinski definition) is 4. The molecule has 8 nitrogen and oxygen atoms in total. The number of hydrogen-bond acceptors (Lipinski definition) is 6. The van der Waals surface area contributed by atoms with Crippen LogP contribution in [0.4, 0.5) is 0 Å². The lowest BCUT2D eigenvalue weighted by molar-refractivity contribution is -0.141. The monoisotopic (exact) mass is 646 g/mol. The number of amides is 2. The molecule has 0 spiro atoms. The first kappa shape index (κ1) is 41.4. The molecule has 0 radical (unpaired) electrons. The largest absolute Gasteiger partial charge is 0.504 e. The predicted molar refractivity (Wildman–Crippen MR) is 189 cm³/mol. The summed E-state index contributed by atoms with van der Waals surface area (Å²) >= 11 is 0. The van der Waals surface area contributed by atoms with Crippen molar-refractivity contribution in [2.24, 2.45) is 23.5 Å². The van der Waals surface area contributed by atoms with E-state index in [2.05, 4.69) is 17.6 Å². The second-order valence-corrected chi connectivity index (χ2v) is 14.1. The Morgan fingerprint density at radius 1 is 0.674 bits per heavy atom. The van der Waals surface area contributed by atoms with Gasteiger partial charge in [-0.1, -0.05) is 150 Å². The van der Waals surface area contributed by atoms with Gasteiger partial charge >= 0.3 is 5.97 Å². The van der Waals surface area contributed by atoms with Crippen molar-refractivity contribution in [2.75, 3.05) is 0 Å². The highest BCUT2D eigenvalue weighted by Gasteiger charge is 2.33. The highest BCUT2D eigenvalue weighted by Crippen LogP contribution is 2.31. The van der Waals surface area contributed by atoms with Gasteiger partial charge in [-0.25, -0.2) is 4.79 Å². The number of nitrogens with one attached hydrogen (secondary N) is 2. The molecule has 2 amide bonds. The van der Waals surface area contributed by atoms with Crippen LogP contribution in [0.1, 0.15) is 150 Å². The molecule has 0 heterocycles. The number of carbonyl (C=O) groups excluding carboxylic acids is 3. The molecule has 5 N–H and O–H groups in total. The summed E-state index contributed by atoms with van der Waals surface area (Å²) in [4.78, 5) is 39.0. The van der Waals surface area contributed by atoms with E-state index in [1.165, 1.54) is 83.5 Å². The molecule has 1 aromatic carbocycles. The first-order valence-corrected chi connectivity index (χ1v) is 18.3. The van der Waals surface area contributed by atoms with Crippen molar-refractivity contribution in [3.63, 3.8) is 0 Å². The number of aromatic hydroxyl groups is 1. The molecule has 0 aromatic heterocycles. The Morgan fingerprint density at radius 3 is 1.59 bits per heavy atom. The maximum absolute atomic E-state index is 13.2. The minimum Gasteiger partial charge on any atom is -0.504 e. The molecule has 1 rings (SSSR count). The van der Waals surface area contributed by atoms with Gasteiger partial charge in [-0.2, -0.15) is 0 Å². The van der Waals surface area contributed by atoms with Crippen LogP contribution in [-0.4, -0.2) is 41.0 Å². The Hall–Kier alpha value is -2.61. The zero-order valence-electron chi connectivity index (χ0n) is 30.2. The third-order valence-corrected chi connectivity index (χ3v) is 8.83. The number of phenols is 1. The third kappa shape index (κ3) is 16.3. The lowest BCUT2D eigenvalue weighted by Crippen LogP contribution is -2.58. The van der Waals surface area contributed by atoms with Crippen molar-refractivity contribution in [3.8, 4) is 11.5 Å². The van der Waals surface area contributed by atoms with Crippen LogP contribution in [0.25, 0.3) is 0 Å². The second kappa shape index (κ2) is 23.7. The SMILES string of the molecule is CCCCCCCCCCCCCCCCCc1cccc(OC(=O)[C@@H](NC(=O)[C@@H](NC(=O)[C@@H](N)C(C)C)C(C)C)C(C)C)c1O. The summed E-state index contributed by atoms with van der Waals surface area (Å²) < 4.78 is 5.62. The summed E-state index contributed by atoms with van der Waals surface area (Å²) in [7, 11) is 0. The lowest BCUT2D eigenvalue weighted by atomic mass is 9.98. The Morgan fingerprint density at radius 2 is 1.13 bits per heavy atom. The summed E-state index contributed by atoms with van der Waals surface area (Å²) in [6.45, 7) is 13.2. The van der Waals surface area contributed by atoms with Crippen LogP contribution in [0.3, 0.4) is 0 Å². The van der Waals surface area contributed by atoms with E-state index >= 15 is 0 Å². The Labute approximate surface area is 280 Å². The van der Waals surface area contributed by atoms with E-state index in [-0.39, 0.29) is 29.3 Å². The molecule has 0 aliphatic rings. The highest BCUT2D eigenvalue weighted by molar-refractivity contribution is 5.92. The molecule has 8 heteroatoms. The number of benzene rings is 1. The third-order valence-electron chi connectivity index (χ3n) is 8.83. The maximum atomic E-state index is 13.2. The van der Waals surface area contributed by atoms with Gasteiger partial charge < -0.3 is 26.2 Å². The number of rotatable bonds is 25. The fourth-order valence-electron chi connectivity index (χ4n) is 5.54. The van der Waals surface area contributed by atoms with E-state index in [4.69, 9.17) is 10.5 Å². The van der Waals surface area contributed by atoms with E-state index < -0.39 is 35.9 Å². The molecule has 0 saturated heterocycles. The number of para-hydroxylation sites is 1. The second-order valence-electron chi connectivity index (χ2n) is 14.1. The zero-order chi connectivity index (χ0) is 34.5. The molecule has 46 heavy (non-hydrogen) atoms. The minimum atomic E-state index is -0.969. The van der Waals surface area contributed by atoms with Crippen LogP contribution in [0.5, 0.6) is 11.5 Å². The molecular formula is C38H67N3O5. The van der Waals surface area contributed by atoms with Crippen LogP contribution in [0, 0.1) is 17.8 Å². The number of phenolic OH excluding ortho intramolecular Hbond substituents is 1. The standard InChI is InChI=1S/C38H67N3O5/c1-8-9-10-11-12-13-14-15-16-17-18-19-20-21-22-24-30-25-23-26-31(35(30)42)46-38(45)34(29(6)7)41-37(44)33(28(4)5)40-36(43)32(39)27(2)3/h23,25-29,32-34,42H,8-22,24,39H2,1-7H3,(H,40,43)(H,41,44)/t32-,33-,34-/m0/s1. The number of ether oxygens (including phenoxy) is 1. The fraction of sp³-hybridized carbons (Fsp3) is 0.763. The molecule has 0 aliphatic carbocycles. The summed E-state index contributed by atoms with van der Waals surface area (Å²) in [6, 6.07) is 2.61. The highest BCUT2D eigenvalue weighted by atomic mass is 16.5. The Balaban J connectivity index is 2.52. The van der Waals surface area contributed by atoms with E-state index in [1.807, 2.05) is 33.8 Å². The number of aryl methyl sites for hydroxylation is 1. The Kier molecular flexibility index (Phi) is 21.3. The summed E-state index contributed by atoms with van der Waals surface area (Å²) in [6.07, 6.45) is 20.2. The average Bonchev–Trinajstić information content (AvgIpc) is 3.01. The molecular weight excluding hydrogens is 578 g/mol. The van der Waals surface area contributed by atoms with Crippen LogP contribution >= 0.6 is 0 Å². The van der Waals surface area contributed by atoms with Crippen molar-refractivity contribution >= 4 is 17.8 Å². The molecule has 0 saturated carbocycles. The van der Waals surface area contributed by atoms with Gasteiger partial charge in [0, 0.05) is 0 Å². The van der Waals surface area contributed by atoms with E-state index in [0.717, 1.165) is 18.4 Å². The Bertz CT molecular complexity index is 1010. The van der Waals surface area contributed by atoms with Crippen LogP contribution < -0.4 is 21.1 Å². The van der Waals surface area contributed by atoms with E-state index in [0.29, 0.717) is 6.42 Å². The maximum Gasteiger partial charge on any atom is 0.334 e. The quantitative estimate of drug-likeness (QED) is 0.0485. The minimum absolute atomic E-state index is 0.0370. The summed E-state index contributed by atoms with van der Waals surface area (Å²) in [5.41, 5.74) is 6.71. The average molecular weight is 646 g/mol. The predicted octanol–water partition coefficient (Wildman–Crippen LogP) is 7.98. The summed E-state index contributed by atoms with van der Waals surface area (Å²) in [5.74, 6) is -2.13. The molecule has 0 fully saturated rings. The van der Waals surface area contributed by atoms with Crippen molar-refractivity contribution in [1.82, 2.24) is 10.6 Å². The van der Waals surface area contributed by atoms with Gasteiger partial charge in [-0.15, -0.1) is 0 Å². The topological polar surface area (TPSA) is 131 Å². The van der Waals surface area contributed by atoms with Crippen LogP contribution in [0.2, 0.25) is 0 Å². The smallest absolute Gasteiger partial charge is 0.334 e. The van der Waals surface area contributed by atoms with Gasteiger partial charge in [0.25, 0.3) is 0 Å². The van der Waals surface area contributed by atoms with Gasteiger partial charge in [0.1, 0.15) is 12.1 Å². The van der Waals surface area contributed by atoms with Crippen LogP contribution in [0.15, 0.2) is 18.2 Å². The van der Waals surface area contributed by atoms with Crippen molar-refractivity contribution in [2.45, 2.75) is 169 Å². The first-order valence-electron chi connectivity index (χ1n) is 18.3. The van der Waals surface area contributed by atoms with Crippen molar-refractivity contribution < 1.29 is 24.2 Å². The number of carbonyl (C=O) groups is 3. The lowest BCUT2D eigenvalue weighted by Gasteiger charge is -2.28.